The van der Waals surface area contributed by atoms with E-state index in [0.717, 1.165) is 0 Å². The fourth-order valence-electron chi connectivity index (χ4n) is 3.92. The number of methoxy groups -OCH3 is 4. The molecule has 0 aliphatic rings. The number of hydrogen-bond donors (Lipinski definition) is 0. The second kappa shape index (κ2) is 11.1. The van der Waals surface area contributed by atoms with E-state index in [4.69, 9.17) is 18.9 Å². The highest BCUT2D eigenvalue weighted by Crippen LogP contribution is 2.34. The average molecular weight is 545 g/mol. The Balaban J connectivity index is 1.80. The molecule has 0 saturated heterocycles. The highest BCUT2D eigenvalue weighted by Gasteiger charge is 2.35. The second-order valence-electron chi connectivity index (χ2n) is 8.18. The van der Waals surface area contributed by atoms with Crippen LogP contribution in [-0.4, -0.2) is 81.6 Å². The summed E-state index contributed by atoms with van der Waals surface area (Å²) in [6.45, 7) is 1.56. The number of nitrogens with zero attached hydrogens (tertiary/aromatic N) is 8. The molecule has 4 aromatic heterocycles. The fraction of sp³-hybridized carbons (Fsp3) is 0.391. The molecule has 0 aliphatic heterocycles. The molecule has 0 unspecified atom stereocenters. The molecule has 38 heavy (non-hydrogen) atoms. The van der Waals surface area contributed by atoms with Crippen LogP contribution in [0.25, 0.3) is 17.2 Å². The molecule has 0 aromatic carbocycles. The third kappa shape index (κ3) is 5.15. The molecule has 0 spiro atoms. The monoisotopic (exact) mass is 544 g/mol. The second-order valence-corrected chi connectivity index (χ2v) is 10.5. The number of aryl methyl sites for hydroxylation is 1. The van der Waals surface area contributed by atoms with Gasteiger partial charge in [0.25, 0.3) is 0 Å². The minimum atomic E-state index is -3.89. The predicted octanol–water partition coefficient (Wildman–Crippen LogP) is 1.57. The summed E-state index contributed by atoms with van der Waals surface area (Å²) >= 11 is 0. The van der Waals surface area contributed by atoms with Crippen molar-refractivity contribution in [2.75, 3.05) is 28.4 Å². The van der Waals surface area contributed by atoms with Gasteiger partial charge in [0.2, 0.25) is 11.8 Å². The van der Waals surface area contributed by atoms with Crippen LogP contribution in [0.5, 0.6) is 17.5 Å². The van der Waals surface area contributed by atoms with Gasteiger partial charge in [-0.2, -0.15) is 15.1 Å². The quantitative estimate of drug-likeness (QED) is 0.269. The third-order valence-electron chi connectivity index (χ3n) is 5.90. The van der Waals surface area contributed by atoms with Crippen molar-refractivity contribution in [1.82, 2.24) is 39.5 Å². The topological polar surface area (TPSA) is 158 Å². The van der Waals surface area contributed by atoms with E-state index >= 15 is 0 Å². The highest BCUT2D eigenvalue weighted by molar-refractivity contribution is 7.91. The summed E-state index contributed by atoms with van der Waals surface area (Å²) in [6.07, 6.45) is 3.66. The molecule has 0 amide bonds. The molecule has 4 aromatic rings. The Kier molecular flexibility index (Phi) is 7.87. The van der Waals surface area contributed by atoms with Crippen molar-refractivity contribution < 1.29 is 27.4 Å². The number of rotatable bonds is 11. The first-order valence-electron chi connectivity index (χ1n) is 11.4. The summed E-state index contributed by atoms with van der Waals surface area (Å²) in [5.74, 6) is 0.666. The Hall–Kier alpha value is -4.11. The first kappa shape index (κ1) is 26.9. The van der Waals surface area contributed by atoms with Crippen molar-refractivity contribution in [3.05, 3.63) is 48.4 Å². The SMILES string of the molecule is COc1ccc([C@@H](OC)[C@H](C)S(=O)(=O)Cc2nnc(-c3ccn(C)n3)n2-c2c(OC)ncnc2OC)nc1. The lowest BCUT2D eigenvalue weighted by Gasteiger charge is -2.22. The Labute approximate surface area is 219 Å². The molecule has 0 N–H and O–H groups in total. The van der Waals surface area contributed by atoms with Gasteiger partial charge in [-0.05, 0) is 25.1 Å². The average Bonchev–Trinajstić information content (AvgIpc) is 3.54. The maximum atomic E-state index is 13.7. The van der Waals surface area contributed by atoms with Gasteiger partial charge >= 0.3 is 0 Å². The van der Waals surface area contributed by atoms with Gasteiger partial charge in [0.1, 0.15) is 29.6 Å². The molecule has 2 atom stereocenters. The van der Waals surface area contributed by atoms with E-state index < -0.39 is 26.9 Å². The van der Waals surface area contributed by atoms with E-state index in [1.165, 1.54) is 45.5 Å². The smallest absolute Gasteiger partial charge is 0.245 e. The first-order valence-corrected chi connectivity index (χ1v) is 13.1. The molecule has 0 aliphatic carbocycles. The van der Waals surface area contributed by atoms with Crippen molar-refractivity contribution in [3.8, 4) is 34.7 Å². The van der Waals surface area contributed by atoms with Gasteiger partial charge in [-0.15, -0.1) is 10.2 Å². The lowest BCUT2D eigenvalue weighted by atomic mass is 10.2. The van der Waals surface area contributed by atoms with Crippen molar-refractivity contribution >= 4 is 9.84 Å². The minimum Gasteiger partial charge on any atom is -0.495 e. The maximum absolute atomic E-state index is 13.7. The van der Waals surface area contributed by atoms with E-state index in [9.17, 15) is 8.42 Å². The zero-order valence-electron chi connectivity index (χ0n) is 21.8. The zero-order chi connectivity index (χ0) is 27.4. The van der Waals surface area contributed by atoms with Gasteiger partial charge in [-0.1, -0.05) is 0 Å². The standard InChI is InChI=1S/C23H28N8O6S/c1-14(20(35-4)16-8-7-15(34-3)11-24-16)38(32,33)12-18-27-28-21(17-9-10-30(2)29-17)31(18)19-22(36-5)25-13-26-23(19)37-6/h7-11,13-14,20H,12H2,1-6H3/t14-,20-/m0/s1. The lowest BCUT2D eigenvalue weighted by molar-refractivity contribution is 0.0986. The van der Waals surface area contributed by atoms with E-state index in [1.807, 2.05) is 0 Å². The van der Waals surface area contributed by atoms with Gasteiger partial charge in [0, 0.05) is 20.4 Å². The Bertz CT molecular complexity index is 1480. The van der Waals surface area contributed by atoms with Crippen LogP contribution in [0.2, 0.25) is 0 Å². The van der Waals surface area contributed by atoms with Crippen molar-refractivity contribution in [1.29, 1.82) is 0 Å². The fourth-order valence-corrected chi connectivity index (χ4v) is 5.35. The summed E-state index contributed by atoms with van der Waals surface area (Å²) in [5, 5.41) is 11.9. The summed E-state index contributed by atoms with van der Waals surface area (Å²) in [5.41, 5.74) is 1.13. The lowest BCUT2D eigenvalue weighted by Crippen LogP contribution is -2.29. The molecule has 202 valence electrons. The van der Waals surface area contributed by atoms with Crippen LogP contribution in [0.15, 0.2) is 36.9 Å². The van der Waals surface area contributed by atoms with E-state index in [2.05, 4.69) is 30.2 Å². The predicted molar refractivity (Wildman–Crippen MR) is 135 cm³/mol. The Morgan fingerprint density at radius 2 is 1.66 bits per heavy atom. The number of hydrogen-bond acceptors (Lipinski definition) is 12. The summed E-state index contributed by atoms with van der Waals surface area (Å²) in [6, 6.07) is 5.08. The Morgan fingerprint density at radius 1 is 0.947 bits per heavy atom. The Morgan fingerprint density at radius 3 is 2.18 bits per heavy atom. The van der Waals surface area contributed by atoms with Gasteiger partial charge in [0.15, 0.2) is 27.2 Å². The van der Waals surface area contributed by atoms with Crippen molar-refractivity contribution in [3.63, 3.8) is 0 Å². The van der Waals surface area contributed by atoms with Crippen LogP contribution < -0.4 is 14.2 Å². The number of sulfone groups is 1. The summed E-state index contributed by atoms with van der Waals surface area (Å²) < 4.78 is 52.1. The molecule has 15 heteroatoms. The molecular formula is C23H28N8O6S. The van der Waals surface area contributed by atoms with Gasteiger partial charge in [-0.25, -0.2) is 8.42 Å². The van der Waals surface area contributed by atoms with Gasteiger partial charge in [0.05, 0.1) is 38.5 Å². The number of aromatic nitrogens is 8. The third-order valence-corrected chi connectivity index (χ3v) is 7.94. The molecule has 4 heterocycles. The van der Waals surface area contributed by atoms with Crippen molar-refractivity contribution in [2.45, 2.75) is 24.0 Å². The molecule has 0 bridgehead atoms. The van der Waals surface area contributed by atoms with Crippen LogP contribution in [0.4, 0.5) is 0 Å². The van der Waals surface area contributed by atoms with E-state index in [-0.39, 0.29) is 29.1 Å². The number of pyridine rings is 1. The maximum Gasteiger partial charge on any atom is 0.245 e. The number of ether oxygens (including phenoxy) is 4. The molecule has 14 nitrogen and oxygen atoms in total. The van der Waals surface area contributed by atoms with Crippen LogP contribution in [-0.2, 0) is 27.4 Å². The minimum absolute atomic E-state index is 0.0847. The van der Waals surface area contributed by atoms with Crippen LogP contribution in [0.3, 0.4) is 0 Å². The van der Waals surface area contributed by atoms with E-state index in [1.54, 1.807) is 43.0 Å². The van der Waals surface area contributed by atoms with Crippen LogP contribution >= 0.6 is 0 Å². The highest BCUT2D eigenvalue weighted by atomic mass is 32.2. The van der Waals surface area contributed by atoms with Crippen LogP contribution in [0.1, 0.15) is 24.5 Å². The van der Waals surface area contributed by atoms with E-state index in [0.29, 0.717) is 17.1 Å². The molecule has 0 radical (unpaired) electrons. The molecule has 0 saturated carbocycles. The van der Waals surface area contributed by atoms with Gasteiger partial charge < -0.3 is 18.9 Å². The zero-order valence-corrected chi connectivity index (χ0v) is 22.6. The van der Waals surface area contributed by atoms with Crippen LogP contribution in [0, 0.1) is 0 Å². The molecule has 0 fully saturated rings. The molecular weight excluding hydrogens is 516 g/mol. The normalized spacial score (nSPS) is 13.2. The van der Waals surface area contributed by atoms with Gasteiger partial charge in [-0.3, -0.25) is 14.2 Å². The summed E-state index contributed by atoms with van der Waals surface area (Å²) in [7, 11) is 3.68. The molecule has 4 rings (SSSR count). The summed E-state index contributed by atoms with van der Waals surface area (Å²) in [4.78, 5) is 12.6. The first-order chi connectivity index (χ1) is 18.2. The van der Waals surface area contributed by atoms with Crippen molar-refractivity contribution in [2.24, 2.45) is 7.05 Å². The largest absolute Gasteiger partial charge is 0.495 e.